The molecular weight excluding hydrogens is 358 g/mol. The first-order chi connectivity index (χ1) is 12.0. The Morgan fingerprint density at radius 3 is 2.23 bits per heavy atom. The van der Waals surface area contributed by atoms with E-state index in [1.807, 2.05) is 18.7 Å². The van der Waals surface area contributed by atoms with E-state index in [4.69, 9.17) is 10.5 Å². The molecule has 2 N–H and O–H groups in total. The number of carbonyl (C=O) groups is 1. The molecular formula is C18H28ClN3O4. The number of hydrogen-bond acceptors (Lipinski definition) is 5. The van der Waals surface area contributed by atoms with Crippen molar-refractivity contribution < 1.29 is 14.5 Å². The number of nitrogens with two attached hydrogens (primary N) is 1. The predicted octanol–water partition coefficient (Wildman–Crippen LogP) is 3.15. The van der Waals surface area contributed by atoms with Crippen molar-refractivity contribution in [1.82, 2.24) is 4.90 Å². The summed E-state index contributed by atoms with van der Waals surface area (Å²) in [6.45, 7) is 5.70. The Labute approximate surface area is 160 Å². The first-order valence-corrected chi connectivity index (χ1v) is 8.86. The summed E-state index contributed by atoms with van der Waals surface area (Å²) >= 11 is 0. The molecule has 1 heterocycles. The van der Waals surface area contributed by atoms with Crippen molar-refractivity contribution in [3.05, 3.63) is 34.4 Å². The average molecular weight is 386 g/mol. The van der Waals surface area contributed by atoms with Crippen LogP contribution < -0.4 is 10.5 Å². The van der Waals surface area contributed by atoms with Gasteiger partial charge in [-0.2, -0.15) is 0 Å². The standard InChI is InChI=1S/C18H27N3O4.ClH/c1-3-18(4-2,13-19)17(22)20-11-9-16(10-12-20)25-15-7-5-14(6-8-15)21(23)24;/h5-8,16H,3-4,9-13,19H2,1-2H3;1H. The van der Waals surface area contributed by atoms with Crippen LogP contribution in [0.1, 0.15) is 39.5 Å². The molecule has 1 saturated heterocycles. The van der Waals surface area contributed by atoms with Gasteiger partial charge in [0.05, 0.1) is 10.3 Å². The molecule has 1 aliphatic rings. The minimum Gasteiger partial charge on any atom is -0.490 e. The molecule has 0 radical (unpaired) electrons. The Kier molecular flexibility index (Phi) is 8.30. The van der Waals surface area contributed by atoms with Gasteiger partial charge in [0.25, 0.3) is 5.69 Å². The molecule has 146 valence electrons. The molecule has 8 heteroatoms. The summed E-state index contributed by atoms with van der Waals surface area (Å²) in [6.07, 6.45) is 3.00. The summed E-state index contributed by atoms with van der Waals surface area (Å²) in [5.74, 6) is 0.766. The molecule has 0 aromatic heterocycles. The number of amides is 1. The van der Waals surface area contributed by atoms with E-state index < -0.39 is 10.3 Å². The van der Waals surface area contributed by atoms with Crippen molar-refractivity contribution in [2.45, 2.75) is 45.6 Å². The molecule has 1 aromatic rings. The zero-order valence-corrected chi connectivity index (χ0v) is 16.2. The van der Waals surface area contributed by atoms with Crippen LogP contribution in [0.5, 0.6) is 5.75 Å². The normalized spacial score (nSPS) is 15.3. The third-order valence-electron chi connectivity index (χ3n) is 5.28. The van der Waals surface area contributed by atoms with Gasteiger partial charge in [-0.25, -0.2) is 0 Å². The van der Waals surface area contributed by atoms with E-state index in [0.717, 1.165) is 25.7 Å². The summed E-state index contributed by atoms with van der Waals surface area (Å²) < 4.78 is 5.90. The first kappa shape index (κ1) is 22.2. The van der Waals surface area contributed by atoms with Crippen molar-refractivity contribution in [2.75, 3.05) is 19.6 Å². The van der Waals surface area contributed by atoms with Crippen LogP contribution in [-0.2, 0) is 4.79 Å². The Bertz CT molecular complexity index is 589. The number of nitro benzene ring substituents is 1. The number of hydrogen-bond donors (Lipinski definition) is 1. The van der Waals surface area contributed by atoms with E-state index in [2.05, 4.69) is 0 Å². The topological polar surface area (TPSA) is 98.7 Å². The molecule has 1 amide bonds. The number of nitro groups is 1. The number of likely N-dealkylation sites (tertiary alicyclic amines) is 1. The number of benzene rings is 1. The van der Waals surface area contributed by atoms with Crippen LogP contribution in [0.2, 0.25) is 0 Å². The molecule has 1 fully saturated rings. The van der Waals surface area contributed by atoms with E-state index in [1.54, 1.807) is 12.1 Å². The van der Waals surface area contributed by atoms with Gasteiger partial charge in [0.1, 0.15) is 11.9 Å². The minimum atomic E-state index is -0.452. The van der Waals surface area contributed by atoms with Crippen LogP contribution in [0.25, 0.3) is 0 Å². The third kappa shape index (κ3) is 4.86. The lowest BCUT2D eigenvalue weighted by atomic mass is 9.80. The van der Waals surface area contributed by atoms with Gasteiger partial charge in [0.15, 0.2) is 0 Å². The van der Waals surface area contributed by atoms with Gasteiger partial charge in [0, 0.05) is 44.6 Å². The van der Waals surface area contributed by atoms with Crippen LogP contribution in [0.4, 0.5) is 5.69 Å². The fourth-order valence-electron chi connectivity index (χ4n) is 3.28. The highest BCUT2D eigenvalue weighted by Crippen LogP contribution is 2.30. The van der Waals surface area contributed by atoms with Gasteiger partial charge < -0.3 is 15.4 Å². The third-order valence-corrected chi connectivity index (χ3v) is 5.28. The molecule has 0 unspecified atom stereocenters. The van der Waals surface area contributed by atoms with E-state index in [-0.39, 0.29) is 30.1 Å². The van der Waals surface area contributed by atoms with Gasteiger partial charge in [-0.15, -0.1) is 12.4 Å². The van der Waals surface area contributed by atoms with Crippen molar-refractivity contribution in [3.63, 3.8) is 0 Å². The van der Waals surface area contributed by atoms with E-state index >= 15 is 0 Å². The van der Waals surface area contributed by atoms with Crippen LogP contribution in [0.3, 0.4) is 0 Å². The lowest BCUT2D eigenvalue weighted by molar-refractivity contribution is -0.384. The summed E-state index contributed by atoms with van der Waals surface area (Å²) in [6, 6.07) is 6.10. The highest BCUT2D eigenvalue weighted by atomic mass is 35.5. The average Bonchev–Trinajstić information content (AvgIpc) is 2.64. The molecule has 0 aliphatic carbocycles. The lowest BCUT2D eigenvalue weighted by Gasteiger charge is -2.39. The monoisotopic (exact) mass is 385 g/mol. The molecule has 0 bridgehead atoms. The highest BCUT2D eigenvalue weighted by molar-refractivity contribution is 5.85. The highest BCUT2D eigenvalue weighted by Gasteiger charge is 2.38. The molecule has 0 atom stereocenters. The number of rotatable bonds is 7. The Hall–Kier alpha value is -1.86. The largest absolute Gasteiger partial charge is 0.490 e. The van der Waals surface area contributed by atoms with Gasteiger partial charge in [0.2, 0.25) is 5.91 Å². The molecule has 0 spiro atoms. The van der Waals surface area contributed by atoms with Crippen LogP contribution in [0, 0.1) is 15.5 Å². The maximum absolute atomic E-state index is 12.8. The second-order valence-electron chi connectivity index (χ2n) is 6.55. The van der Waals surface area contributed by atoms with Crippen molar-refractivity contribution >= 4 is 24.0 Å². The fraction of sp³-hybridized carbons (Fsp3) is 0.611. The van der Waals surface area contributed by atoms with E-state index in [1.165, 1.54) is 12.1 Å². The van der Waals surface area contributed by atoms with Gasteiger partial charge in [-0.1, -0.05) is 13.8 Å². The molecule has 2 rings (SSSR count). The Morgan fingerprint density at radius 2 is 1.81 bits per heavy atom. The van der Waals surface area contributed by atoms with Gasteiger partial charge in [-0.3, -0.25) is 14.9 Å². The van der Waals surface area contributed by atoms with Gasteiger partial charge in [-0.05, 0) is 25.0 Å². The van der Waals surface area contributed by atoms with Crippen molar-refractivity contribution in [3.8, 4) is 5.75 Å². The minimum absolute atomic E-state index is 0. The summed E-state index contributed by atoms with van der Waals surface area (Å²) in [4.78, 5) is 25.0. The number of non-ortho nitro benzene ring substituents is 1. The zero-order valence-electron chi connectivity index (χ0n) is 15.3. The second kappa shape index (κ2) is 9.73. The van der Waals surface area contributed by atoms with Crippen molar-refractivity contribution in [2.24, 2.45) is 11.1 Å². The fourth-order valence-corrected chi connectivity index (χ4v) is 3.28. The predicted molar refractivity (Wildman–Crippen MR) is 103 cm³/mol. The number of halogens is 1. The number of carbonyl (C=O) groups excluding carboxylic acids is 1. The summed E-state index contributed by atoms with van der Waals surface area (Å²) in [7, 11) is 0. The van der Waals surface area contributed by atoms with Crippen LogP contribution in [-0.4, -0.2) is 41.5 Å². The molecule has 0 saturated carbocycles. The smallest absolute Gasteiger partial charge is 0.269 e. The number of ether oxygens (including phenoxy) is 1. The zero-order chi connectivity index (χ0) is 18.4. The maximum Gasteiger partial charge on any atom is 0.269 e. The second-order valence-corrected chi connectivity index (χ2v) is 6.55. The van der Waals surface area contributed by atoms with E-state index in [9.17, 15) is 14.9 Å². The van der Waals surface area contributed by atoms with Crippen LogP contribution in [0.15, 0.2) is 24.3 Å². The molecule has 26 heavy (non-hydrogen) atoms. The van der Waals surface area contributed by atoms with Crippen molar-refractivity contribution in [1.29, 1.82) is 0 Å². The van der Waals surface area contributed by atoms with Gasteiger partial charge >= 0.3 is 0 Å². The summed E-state index contributed by atoms with van der Waals surface area (Å²) in [5.41, 5.74) is 5.47. The molecule has 1 aliphatic heterocycles. The Balaban J connectivity index is 0.00000338. The Morgan fingerprint density at radius 1 is 1.27 bits per heavy atom. The summed E-state index contributed by atoms with van der Waals surface area (Å²) in [5, 5.41) is 10.7. The lowest BCUT2D eigenvalue weighted by Crippen LogP contribution is -2.51. The molecule has 1 aromatic carbocycles. The first-order valence-electron chi connectivity index (χ1n) is 8.86. The van der Waals surface area contributed by atoms with E-state index in [0.29, 0.717) is 25.4 Å². The number of nitrogens with zero attached hydrogens (tertiary/aromatic N) is 2. The quantitative estimate of drug-likeness (QED) is 0.574. The number of piperidine rings is 1. The van der Waals surface area contributed by atoms with Crippen LogP contribution >= 0.6 is 12.4 Å². The maximum atomic E-state index is 12.8. The molecule has 7 nitrogen and oxygen atoms in total. The SMILES string of the molecule is CCC(CC)(CN)C(=O)N1CCC(Oc2ccc([N+](=O)[O-])cc2)CC1.Cl.